The van der Waals surface area contributed by atoms with Gasteiger partial charge in [-0.3, -0.25) is 9.59 Å². The SMILES string of the molecule is CC(C)C(N)CC(=O)NCc1ccccc1CC(=O)O. The van der Waals surface area contributed by atoms with E-state index in [4.69, 9.17) is 10.8 Å². The lowest BCUT2D eigenvalue weighted by Crippen LogP contribution is -2.34. The van der Waals surface area contributed by atoms with Crippen molar-refractivity contribution < 1.29 is 14.7 Å². The van der Waals surface area contributed by atoms with Crippen molar-refractivity contribution in [3.05, 3.63) is 35.4 Å². The van der Waals surface area contributed by atoms with E-state index < -0.39 is 5.97 Å². The fourth-order valence-corrected chi connectivity index (χ4v) is 1.78. The van der Waals surface area contributed by atoms with Crippen LogP contribution in [0, 0.1) is 5.92 Å². The van der Waals surface area contributed by atoms with Crippen LogP contribution in [-0.4, -0.2) is 23.0 Å². The monoisotopic (exact) mass is 278 g/mol. The van der Waals surface area contributed by atoms with Crippen LogP contribution in [0.1, 0.15) is 31.4 Å². The van der Waals surface area contributed by atoms with Gasteiger partial charge in [0.1, 0.15) is 0 Å². The standard InChI is InChI=1S/C15H22N2O3/c1-10(2)13(16)8-14(18)17-9-12-6-4-3-5-11(12)7-15(19)20/h3-6,10,13H,7-9,16H2,1-2H3,(H,17,18)(H,19,20). The number of carboxylic acid groups (broad SMARTS) is 1. The normalized spacial score (nSPS) is 12.2. The Bertz CT molecular complexity index is 472. The Hall–Kier alpha value is -1.88. The molecule has 1 atom stereocenters. The molecular formula is C15H22N2O3. The summed E-state index contributed by atoms with van der Waals surface area (Å²) in [7, 11) is 0. The highest BCUT2D eigenvalue weighted by Crippen LogP contribution is 2.10. The van der Waals surface area contributed by atoms with Crippen molar-refractivity contribution in [3.8, 4) is 0 Å². The summed E-state index contributed by atoms with van der Waals surface area (Å²) in [5.41, 5.74) is 7.38. The van der Waals surface area contributed by atoms with Crippen molar-refractivity contribution in [1.82, 2.24) is 5.32 Å². The third-order valence-electron chi connectivity index (χ3n) is 3.21. The number of nitrogens with one attached hydrogen (secondary N) is 1. The fourth-order valence-electron chi connectivity index (χ4n) is 1.78. The summed E-state index contributed by atoms with van der Waals surface area (Å²) in [5.74, 6) is -0.748. The van der Waals surface area contributed by atoms with Crippen LogP contribution in [-0.2, 0) is 22.6 Å². The first-order chi connectivity index (χ1) is 9.40. The third-order valence-corrected chi connectivity index (χ3v) is 3.21. The van der Waals surface area contributed by atoms with Crippen molar-refractivity contribution in [2.75, 3.05) is 0 Å². The molecule has 0 radical (unpaired) electrons. The summed E-state index contributed by atoms with van der Waals surface area (Å²) < 4.78 is 0. The first-order valence-corrected chi connectivity index (χ1v) is 6.71. The van der Waals surface area contributed by atoms with E-state index in [1.54, 1.807) is 12.1 Å². The number of aliphatic carboxylic acids is 1. The molecule has 0 bridgehead atoms. The first-order valence-electron chi connectivity index (χ1n) is 6.71. The van der Waals surface area contributed by atoms with Gasteiger partial charge in [0.05, 0.1) is 6.42 Å². The summed E-state index contributed by atoms with van der Waals surface area (Å²) in [5, 5.41) is 11.6. The maximum absolute atomic E-state index is 11.8. The van der Waals surface area contributed by atoms with Crippen molar-refractivity contribution in [2.45, 2.75) is 39.3 Å². The molecule has 0 aliphatic carbocycles. The van der Waals surface area contributed by atoms with Crippen LogP contribution in [0.5, 0.6) is 0 Å². The molecule has 20 heavy (non-hydrogen) atoms. The molecule has 0 saturated heterocycles. The number of rotatable bonds is 7. The van der Waals surface area contributed by atoms with Crippen LogP contribution in [0.2, 0.25) is 0 Å². The first kappa shape index (κ1) is 16.2. The number of carbonyl (C=O) groups excluding carboxylic acids is 1. The molecule has 1 aromatic carbocycles. The second kappa shape index (κ2) is 7.65. The molecule has 0 aromatic heterocycles. The number of hydrogen-bond acceptors (Lipinski definition) is 3. The molecule has 4 N–H and O–H groups in total. The Kier molecular flexibility index (Phi) is 6.18. The van der Waals surface area contributed by atoms with Gasteiger partial charge in [0.25, 0.3) is 0 Å². The Balaban J connectivity index is 2.57. The summed E-state index contributed by atoms with van der Waals surface area (Å²) in [6, 6.07) is 7.03. The Morgan fingerprint density at radius 1 is 1.25 bits per heavy atom. The van der Waals surface area contributed by atoms with Gasteiger partial charge in [0.2, 0.25) is 5.91 Å². The van der Waals surface area contributed by atoms with Crippen LogP contribution in [0.25, 0.3) is 0 Å². The van der Waals surface area contributed by atoms with Gasteiger partial charge in [-0.15, -0.1) is 0 Å². The fraction of sp³-hybridized carbons (Fsp3) is 0.467. The predicted molar refractivity (Wildman–Crippen MR) is 77.1 cm³/mol. The Labute approximate surface area is 119 Å². The maximum Gasteiger partial charge on any atom is 0.307 e. The van der Waals surface area contributed by atoms with E-state index in [1.165, 1.54) is 0 Å². The lowest BCUT2D eigenvalue weighted by Gasteiger charge is -2.15. The van der Waals surface area contributed by atoms with E-state index in [0.29, 0.717) is 12.1 Å². The van der Waals surface area contributed by atoms with Crippen molar-refractivity contribution in [1.29, 1.82) is 0 Å². The molecule has 0 fully saturated rings. The third kappa shape index (κ3) is 5.40. The van der Waals surface area contributed by atoms with E-state index in [-0.39, 0.29) is 30.7 Å². The number of benzene rings is 1. The lowest BCUT2D eigenvalue weighted by molar-refractivity contribution is -0.136. The zero-order valence-corrected chi connectivity index (χ0v) is 11.9. The molecule has 1 amide bonds. The summed E-state index contributed by atoms with van der Waals surface area (Å²) >= 11 is 0. The quantitative estimate of drug-likeness (QED) is 0.701. The predicted octanol–water partition coefficient (Wildman–Crippen LogP) is 1.30. The molecule has 1 rings (SSSR count). The lowest BCUT2D eigenvalue weighted by atomic mass is 10.0. The molecule has 0 saturated carbocycles. The molecule has 0 heterocycles. The molecule has 5 heteroatoms. The zero-order chi connectivity index (χ0) is 15.1. The van der Waals surface area contributed by atoms with Gasteiger partial charge in [-0.2, -0.15) is 0 Å². The highest BCUT2D eigenvalue weighted by Gasteiger charge is 2.13. The average Bonchev–Trinajstić information content (AvgIpc) is 2.36. The molecular weight excluding hydrogens is 256 g/mol. The van der Waals surface area contributed by atoms with Crippen LogP contribution in [0.15, 0.2) is 24.3 Å². The van der Waals surface area contributed by atoms with E-state index in [0.717, 1.165) is 5.56 Å². The highest BCUT2D eigenvalue weighted by molar-refractivity contribution is 5.76. The molecule has 5 nitrogen and oxygen atoms in total. The van der Waals surface area contributed by atoms with Gasteiger partial charge in [-0.1, -0.05) is 38.1 Å². The van der Waals surface area contributed by atoms with E-state index >= 15 is 0 Å². The average molecular weight is 278 g/mol. The van der Waals surface area contributed by atoms with Gasteiger partial charge in [-0.25, -0.2) is 0 Å². The second-order valence-corrected chi connectivity index (χ2v) is 5.23. The van der Waals surface area contributed by atoms with Gasteiger partial charge in [0, 0.05) is 19.0 Å². The van der Waals surface area contributed by atoms with Crippen LogP contribution in [0.3, 0.4) is 0 Å². The molecule has 0 aliphatic rings. The number of nitrogens with two attached hydrogens (primary N) is 1. The second-order valence-electron chi connectivity index (χ2n) is 5.23. The Morgan fingerprint density at radius 3 is 2.40 bits per heavy atom. The van der Waals surface area contributed by atoms with Gasteiger partial charge in [-0.05, 0) is 17.0 Å². The maximum atomic E-state index is 11.8. The number of carboxylic acids is 1. The van der Waals surface area contributed by atoms with Crippen LogP contribution < -0.4 is 11.1 Å². The molecule has 1 unspecified atom stereocenters. The van der Waals surface area contributed by atoms with E-state index in [2.05, 4.69) is 5.32 Å². The smallest absolute Gasteiger partial charge is 0.307 e. The van der Waals surface area contributed by atoms with Crippen molar-refractivity contribution >= 4 is 11.9 Å². The van der Waals surface area contributed by atoms with Gasteiger partial charge in [0.15, 0.2) is 0 Å². The van der Waals surface area contributed by atoms with Gasteiger partial charge < -0.3 is 16.2 Å². The van der Waals surface area contributed by atoms with Crippen molar-refractivity contribution in [2.24, 2.45) is 11.7 Å². The highest BCUT2D eigenvalue weighted by atomic mass is 16.4. The minimum Gasteiger partial charge on any atom is -0.481 e. The van der Waals surface area contributed by atoms with E-state index in [9.17, 15) is 9.59 Å². The van der Waals surface area contributed by atoms with E-state index in [1.807, 2.05) is 26.0 Å². The van der Waals surface area contributed by atoms with Gasteiger partial charge >= 0.3 is 5.97 Å². The largest absolute Gasteiger partial charge is 0.481 e. The number of carbonyl (C=O) groups is 2. The number of amides is 1. The van der Waals surface area contributed by atoms with Crippen LogP contribution in [0.4, 0.5) is 0 Å². The Morgan fingerprint density at radius 2 is 1.85 bits per heavy atom. The topological polar surface area (TPSA) is 92.4 Å². The minimum atomic E-state index is -0.884. The summed E-state index contributed by atoms with van der Waals surface area (Å²) in [6.07, 6.45) is 0.232. The zero-order valence-electron chi connectivity index (χ0n) is 11.9. The molecule has 110 valence electrons. The minimum absolute atomic E-state index is 0.0441. The molecule has 1 aromatic rings. The molecule has 0 spiro atoms. The van der Waals surface area contributed by atoms with Crippen molar-refractivity contribution in [3.63, 3.8) is 0 Å². The summed E-state index contributed by atoms with van der Waals surface area (Å²) in [6.45, 7) is 4.27. The number of hydrogen-bond donors (Lipinski definition) is 3. The summed E-state index contributed by atoms with van der Waals surface area (Å²) in [4.78, 5) is 22.5. The molecule has 0 aliphatic heterocycles. The van der Waals surface area contributed by atoms with Crippen LogP contribution >= 0.6 is 0 Å².